The lowest BCUT2D eigenvalue weighted by Crippen LogP contribution is -2.01. The van der Waals surface area contributed by atoms with Crippen LogP contribution in [0.1, 0.15) is 32.6 Å². The summed E-state index contributed by atoms with van der Waals surface area (Å²) < 4.78 is 2.20. The fourth-order valence-electron chi connectivity index (χ4n) is 1.81. The van der Waals surface area contributed by atoms with E-state index in [4.69, 9.17) is 5.73 Å². The lowest BCUT2D eigenvalue weighted by molar-refractivity contribution is 0.595. The molecule has 0 bridgehead atoms. The predicted octanol–water partition coefficient (Wildman–Crippen LogP) is 3.17. The van der Waals surface area contributed by atoms with Crippen LogP contribution in [0, 0.1) is 0 Å². The standard InChI is InChI=1S/C11H17N4P/c1-2-3-4-5-6-15-8-16-11-9(15)10(12)13-7-14-11/h7-8H,2-6H2,1H3,(H2,12,13,14). The second-order valence-corrected chi connectivity index (χ2v) is 4.84. The molecule has 2 rings (SSSR count). The summed E-state index contributed by atoms with van der Waals surface area (Å²) in [6, 6.07) is 0. The van der Waals surface area contributed by atoms with Crippen LogP contribution in [-0.4, -0.2) is 14.5 Å². The van der Waals surface area contributed by atoms with Crippen molar-refractivity contribution < 1.29 is 0 Å². The number of nitrogens with zero attached hydrogens (tertiary/aromatic N) is 3. The van der Waals surface area contributed by atoms with Crippen LogP contribution < -0.4 is 5.73 Å². The third kappa shape index (κ3) is 2.33. The van der Waals surface area contributed by atoms with Crippen LogP contribution in [0.15, 0.2) is 12.3 Å². The van der Waals surface area contributed by atoms with Gasteiger partial charge in [-0.3, -0.25) is 0 Å². The minimum Gasteiger partial charge on any atom is -0.382 e. The van der Waals surface area contributed by atoms with E-state index in [9.17, 15) is 0 Å². The molecular weight excluding hydrogens is 219 g/mol. The van der Waals surface area contributed by atoms with E-state index in [-0.39, 0.29) is 0 Å². The van der Waals surface area contributed by atoms with Gasteiger partial charge in [-0.15, -0.1) is 0 Å². The van der Waals surface area contributed by atoms with Gasteiger partial charge in [-0.2, -0.15) is 0 Å². The topological polar surface area (TPSA) is 56.7 Å². The monoisotopic (exact) mass is 236 g/mol. The molecule has 4 nitrogen and oxygen atoms in total. The third-order valence-electron chi connectivity index (χ3n) is 2.69. The van der Waals surface area contributed by atoms with Crippen LogP contribution >= 0.6 is 8.19 Å². The number of hydrogen-bond donors (Lipinski definition) is 1. The zero-order chi connectivity index (χ0) is 11.4. The molecule has 16 heavy (non-hydrogen) atoms. The first kappa shape index (κ1) is 11.3. The summed E-state index contributed by atoms with van der Waals surface area (Å²) in [4.78, 5) is 8.28. The SMILES string of the molecule is CCCCCCn1cpc2ncnc(N)c21. The van der Waals surface area contributed by atoms with E-state index >= 15 is 0 Å². The predicted molar refractivity (Wildman–Crippen MR) is 68.6 cm³/mol. The van der Waals surface area contributed by atoms with Crippen molar-refractivity contribution in [3.05, 3.63) is 12.3 Å². The molecule has 2 N–H and O–H groups in total. The number of nitrogens with two attached hydrogens (primary N) is 1. The molecule has 0 aliphatic carbocycles. The first-order valence-corrected chi connectivity index (χ1v) is 6.70. The second-order valence-electron chi connectivity index (χ2n) is 3.93. The van der Waals surface area contributed by atoms with Crippen molar-refractivity contribution in [1.82, 2.24) is 14.5 Å². The van der Waals surface area contributed by atoms with Crippen LogP contribution in [0.4, 0.5) is 5.82 Å². The molecule has 0 aliphatic heterocycles. The molecule has 0 atom stereocenters. The largest absolute Gasteiger partial charge is 0.382 e. The number of aromatic nitrogens is 3. The highest BCUT2D eigenvalue weighted by Crippen LogP contribution is 2.26. The van der Waals surface area contributed by atoms with Crippen molar-refractivity contribution in [3.8, 4) is 0 Å². The molecule has 2 aromatic rings. The molecule has 0 fully saturated rings. The smallest absolute Gasteiger partial charge is 0.151 e. The lowest BCUT2D eigenvalue weighted by atomic mass is 10.2. The lowest BCUT2D eigenvalue weighted by Gasteiger charge is -2.05. The Morgan fingerprint density at radius 2 is 2.19 bits per heavy atom. The van der Waals surface area contributed by atoms with Gasteiger partial charge in [0, 0.05) is 12.5 Å². The fourth-order valence-corrected chi connectivity index (χ4v) is 2.78. The van der Waals surface area contributed by atoms with Gasteiger partial charge in [-0.1, -0.05) is 26.2 Å². The van der Waals surface area contributed by atoms with Crippen molar-refractivity contribution in [1.29, 1.82) is 0 Å². The van der Waals surface area contributed by atoms with E-state index < -0.39 is 0 Å². The highest BCUT2D eigenvalue weighted by atomic mass is 31.0. The van der Waals surface area contributed by atoms with E-state index in [1.54, 1.807) is 0 Å². The van der Waals surface area contributed by atoms with Gasteiger partial charge in [0.25, 0.3) is 0 Å². The van der Waals surface area contributed by atoms with Crippen molar-refractivity contribution in [2.24, 2.45) is 0 Å². The number of hydrogen-bond acceptors (Lipinski definition) is 3. The average Bonchev–Trinajstić information content (AvgIpc) is 2.69. The zero-order valence-corrected chi connectivity index (χ0v) is 10.5. The highest BCUT2D eigenvalue weighted by Gasteiger charge is 2.06. The Hall–Kier alpha value is -1.15. The highest BCUT2D eigenvalue weighted by molar-refractivity contribution is 7.35. The van der Waals surface area contributed by atoms with Gasteiger partial charge in [-0.05, 0) is 14.6 Å². The minimum atomic E-state index is 0.599. The molecule has 0 aromatic carbocycles. The van der Waals surface area contributed by atoms with Gasteiger partial charge in [0.1, 0.15) is 17.1 Å². The van der Waals surface area contributed by atoms with E-state index in [0.717, 1.165) is 25.5 Å². The Balaban J connectivity index is 2.12. The van der Waals surface area contributed by atoms with E-state index in [0.29, 0.717) is 5.82 Å². The first-order valence-electron chi connectivity index (χ1n) is 5.74. The van der Waals surface area contributed by atoms with Gasteiger partial charge in [0.15, 0.2) is 5.82 Å². The van der Waals surface area contributed by atoms with Crippen molar-refractivity contribution in [2.75, 3.05) is 5.73 Å². The number of fused-ring (bicyclic) bond motifs is 1. The zero-order valence-electron chi connectivity index (χ0n) is 9.56. The van der Waals surface area contributed by atoms with Crippen LogP contribution in [-0.2, 0) is 6.54 Å². The van der Waals surface area contributed by atoms with Crippen molar-refractivity contribution in [3.63, 3.8) is 0 Å². The number of nitrogen functional groups attached to an aromatic ring is 1. The molecule has 2 heterocycles. The van der Waals surface area contributed by atoms with Gasteiger partial charge >= 0.3 is 0 Å². The molecule has 0 saturated heterocycles. The minimum absolute atomic E-state index is 0.599. The van der Waals surface area contributed by atoms with Crippen LogP contribution in [0.5, 0.6) is 0 Å². The Labute approximate surface area is 97.0 Å². The quantitative estimate of drug-likeness (QED) is 0.811. The van der Waals surface area contributed by atoms with E-state index in [1.807, 2.05) is 0 Å². The molecule has 0 saturated carbocycles. The average molecular weight is 236 g/mol. The summed E-state index contributed by atoms with van der Waals surface area (Å²) in [5.41, 5.74) is 6.89. The third-order valence-corrected chi connectivity index (χ3v) is 3.66. The van der Waals surface area contributed by atoms with Gasteiger partial charge in [0.05, 0.1) is 0 Å². The molecule has 0 spiro atoms. The maximum atomic E-state index is 5.88. The summed E-state index contributed by atoms with van der Waals surface area (Å²) >= 11 is 0. The summed E-state index contributed by atoms with van der Waals surface area (Å²) in [5, 5.41) is 1.03. The molecule has 0 aliphatic rings. The van der Waals surface area contributed by atoms with Crippen LogP contribution in [0.25, 0.3) is 10.8 Å². The van der Waals surface area contributed by atoms with Gasteiger partial charge in [0.2, 0.25) is 0 Å². The van der Waals surface area contributed by atoms with E-state index in [1.165, 1.54) is 32.0 Å². The Morgan fingerprint density at radius 1 is 1.31 bits per heavy atom. The molecular formula is C11H17N4P. The maximum Gasteiger partial charge on any atom is 0.151 e. The normalized spacial score (nSPS) is 11.6. The molecule has 86 valence electrons. The fraction of sp³-hybridized carbons (Fsp3) is 0.545. The Morgan fingerprint density at radius 3 is 3.00 bits per heavy atom. The summed E-state index contributed by atoms with van der Waals surface area (Å²) in [5.74, 6) is 2.74. The summed E-state index contributed by atoms with van der Waals surface area (Å²) in [6.45, 7) is 3.25. The van der Waals surface area contributed by atoms with Crippen molar-refractivity contribution >= 4 is 24.8 Å². The maximum absolute atomic E-state index is 5.88. The van der Waals surface area contributed by atoms with Crippen LogP contribution in [0.2, 0.25) is 0 Å². The Bertz CT molecular complexity index is 466. The van der Waals surface area contributed by atoms with Gasteiger partial charge < -0.3 is 10.3 Å². The van der Waals surface area contributed by atoms with E-state index in [2.05, 4.69) is 27.4 Å². The van der Waals surface area contributed by atoms with Crippen LogP contribution in [0.3, 0.4) is 0 Å². The molecule has 2 aromatic heterocycles. The van der Waals surface area contributed by atoms with Gasteiger partial charge in [-0.25, -0.2) is 9.97 Å². The first-order chi connectivity index (χ1) is 7.83. The summed E-state index contributed by atoms with van der Waals surface area (Å²) in [7, 11) is 1.13. The molecule has 0 unspecified atom stereocenters. The molecule has 0 amide bonds. The summed E-state index contributed by atoms with van der Waals surface area (Å²) in [6.07, 6.45) is 6.59. The molecule has 5 heteroatoms. The Kier molecular flexibility index (Phi) is 3.73. The number of unbranched alkanes of at least 4 members (excludes halogenated alkanes) is 3. The number of anilines is 1. The second kappa shape index (κ2) is 5.26. The molecule has 0 radical (unpaired) electrons. The number of rotatable bonds is 5. The van der Waals surface area contributed by atoms with Crippen molar-refractivity contribution in [2.45, 2.75) is 39.2 Å². The number of aryl methyl sites for hydroxylation is 1.